The summed E-state index contributed by atoms with van der Waals surface area (Å²) in [6, 6.07) is 9.16. The average molecular weight is 368 g/mol. The van der Waals surface area contributed by atoms with Gasteiger partial charge in [-0.1, -0.05) is 18.2 Å². The van der Waals surface area contributed by atoms with Crippen molar-refractivity contribution < 1.29 is 14.3 Å². The van der Waals surface area contributed by atoms with Crippen molar-refractivity contribution in [2.45, 2.75) is 38.5 Å². The predicted molar refractivity (Wildman–Crippen MR) is 101 cm³/mol. The molecule has 5 fully saturated rings. The van der Waals surface area contributed by atoms with Crippen molar-refractivity contribution in [1.29, 1.82) is 0 Å². The largest absolute Gasteiger partial charge is 0.415 e. The number of nitrogens with zero attached hydrogens (tertiary/aromatic N) is 2. The first-order chi connectivity index (χ1) is 13.1. The fraction of sp³-hybridized carbons (Fsp3) is 0.636. The number of hydrogen-bond acceptors (Lipinski definition) is 3. The summed E-state index contributed by atoms with van der Waals surface area (Å²) < 4.78 is 5.43. The summed E-state index contributed by atoms with van der Waals surface area (Å²) in [5.41, 5.74) is -0.0819. The van der Waals surface area contributed by atoms with Crippen molar-refractivity contribution in [3.05, 3.63) is 30.3 Å². The summed E-state index contributed by atoms with van der Waals surface area (Å²) in [5, 5.41) is 0. The molecule has 0 radical (unpaired) electrons. The number of carbonyl (C=O) groups excluding carboxylic acids is 2. The van der Waals surface area contributed by atoms with Crippen molar-refractivity contribution in [3.63, 3.8) is 0 Å². The first kappa shape index (κ1) is 17.1. The Labute approximate surface area is 160 Å². The Morgan fingerprint density at radius 3 is 1.89 bits per heavy atom. The van der Waals surface area contributed by atoms with Crippen LogP contribution in [0.25, 0.3) is 0 Å². The molecule has 1 aromatic rings. The Morgan fingerprint density at radius 2 is 1.33 bits per heavy atom. The third kappa shape index (κ3) is 3.11. The number of rotatable bonds is 2. The lowest BCUT2D eigenvalue weighted by atomic mass is 9.49. The van der Waals surface area contributed by atoms with E-state index in [1.807, 2.05) is 23.1 Å². The molecular formula is C22H28N2O3. The second-order valence-corrected chi connectivity index (χ2v) is 9.16. The highest BCUT2D eigenvalue weighted by atomic mass is 16.6. The third-order valence-corrected chi connectivity index (χ3v) is 7.27. The van der Waals surface area contributed by atoms with E-state index in [0.29, 0.717) is 37.8 Å². The van der Waals surface area contributed by atoms with Gasteiger partial charge in [0.05, 0.1) is 5.41 Å². The molecule has 1 saturated heterocycles. The quantitative estimate of drug-likeness (QED) is 0.802. The number of amides is 2. The summed E-state index contributed by atoms with van der Waals surface area (Å²) in [5.74, 6) is 3.28. The van der Waals surface area contributed by atoms with Crippen LogP contribution in [0.1, 0.15) is 38.5 Å². The maximum Gasteiger partial charge on any atom is 0.415 e. The fourth-order valence-corrected chi connectivity index (χ4v) is 6.45. The highest BCUT2D eigenvalue weighted by Crippen LogP contribution is 2.60. The number of carbonyl (C=O) groups is 2. The molecule has 1 aliphatic heterocycles. The van der Waals surface area contributed by atoms with Crippen molar-refractivity contribution in [2.24, 2.45) is 23.2 Å². The molecule has 0 atom stereocenters. The highest BCUT2D eigenvalue weighted by Gasteiger charge is 2.55. The van der Waals surface area contributed by atoms with Crippen molar-refractivity contribution in [3.8, 4) is 5.75 Å². The Bertz CT molecular complexity index is 689. The van der Waals surface area contributed by atoms with Crippen molar-refractivity contribution >= 4 is 12.0 Å². The van der Waals surface area contributed by atoms with Crippen LogP contribution in [0.3, 0.4) is 0 Å². The molecule has 1 aromatic carbocycles. The average Bonchev–Trinajstić information content (AvgIpc) is 2.67. The molecule has 5 aliphatic rings. The lowest BCUT2D eigenvalue weighted by molar-refractivity contribution is -0.159. The van der Waals surface area contributed by atoms with E-state index >= 15 is 0 Å². The standard InChI is InChI=1S/C22H28N2O3/c25-20(22-13-16-10-17(14-22)12-18(11-16)15-22)23-6-8-24(9-7-23)21(26)27-19-4-2-1-3-5-19/h1-5,16-18H,6-15H2. The molecule has 0 N–H and O–H groups in total. The van der Waals surface area contributed by atoms with Gasteiger partial charge in [0.2, 0.25) is 5.91 Å². The molecule has 4 bridgehead atoms. The van der Waals surface area contributed by atoms with Gasteiger partial charge in [0, 0.05) is 26.2 Å². The van der Waals surface area contributed by atoms with Gasteiger partial charge in [-0.05, 0) is 68.4 Å². The molecule has 4 saturated carbocycles. The van der Waals surface area contributed by atoms with Crippen LogP contribution in [-0.4, -0.2) is 48.0 Å². The summed E-state index contributed by atoms with van der Waals surface area (Å²) in [6.07, 6.45) is 7.06. The van der Waals surface area contributed by atoms with E-state index in [-0.39, 0.29) is 11.5 Å². The van der Waals surface area contributed by atoms with Gasteiger partial charge in [0.1, 0.15) is 5.75 Å². The monoisotopic (exact) mass is 368 g/mol. The van der Waals surface area contributed by atoms with Gasteiger partial charge in [0.15, 0.2) is 0 Å². The maximum absolute atomic E-state index is 13.4. The van der Waals surface area contributed by atoms with E-state index in [1.54, 1.807) is 17.0 Å². The van der Waals surface area contributed by atoms with Gasteiger partial charge in [-0.15, -0.1) is 0 Å². The van der Waals surface area contributed by atoms with Crippen LogP contribution in [0.2, 0.25) is 0 Å². The highest BCUT2D eigenvalue weighted by molar-refractivity contribution is 5.83. The molecule has 6 rings (SSSR count). The molecule has 5 heteroatoms. The number of ether oxygens (including phenoxy) is 1. The van der Waals surface area contributed by atoms with Gasteiger partial charge in [-0.3, -0.25) is 4.79 Å². The smallest absolute Gasteiger partial charge is 0.410 e. The lowest BCUT2D eigenvalue weighted by Gasteiger charge is -2.57. The van der Waals surface area contributed by atoms with E-state index in [9.17, 15) is 9.59 Å². The number of para-hydroxylation sites is 1. The van der Waals surface area contributed by atoms with Crippen LogP contribution in [-0.2, 0) is 4.79 Å². The Morgan fingerprint density at radius 1 is 0.815 bits per heavy atom. The summed E-state index contributed by atoms with van der Waals surface area (Å²) in [4.78, 5) is 29.5. The Kier molecular flexibility index (Phi) is 4.14. The molecule has 27 heavy (non-hydrogen) atoms. The fourth-order valence-electron chi connectivity index (χ4n) is 6.45. The van der Waals surface area contributed by atoms with Crippen LogP contribution in [0, 0.1) is 23.2 Å². The molecule has 0 unspecified atom stereocenters. The Hall–Kier alpha value is -2.04. The minimum atomic E-state index is -0.317. The zero-order valence-electron chi connectivity index (χ0n) is 15.8. The number of benzene rings is 1. The second kappa shape index (κ2) is 6.54. The van der Waals surface area contributed by atoms with Gasteiger partial charge >= 0.3 is 6.09 Å². The van der Waals surface area contributed by atoms with Crippen LogP contribution >= 0.6 is 0 Å². The molecule has 144 valence electrons. The van der Waals surface area contributed by atoms with Crippen LogP contribution < -0.4 is 4.74 Å². The molecule has 1 heterocycles. The van der Waals surface area contributed by atoms with Crippen molar-refractivity contribution in [2.75, 3.05) is 26.2 Å². The predicted octanol–water partition coefficient (Wildman–Crippen LogP) is 3.55. The maximum atomic E-state index is 13.4. The zero-order valence-corrected chi connectivity index (χ0v) is 15.8. The van der Waals surface area contributed by atoms with Gasteiger partial charge < -0.3 is 14.5 Å². The van der Waals surface area contributed by atoms with Gasteiger partial charge in [-0.2, -0.15) is 0 Å². The molecule has 2 amide bonds. The summed E-state index contributed by atoms with van der Waals surface area (Å²) in [7, 11) is 0. The lowest BCUT2D eigenvalue weighted by Crippen LogP contribution is -2.58. The van der Waals surface area contributed by atoms with E-state index in [2.05, 4.69) is 0 Å². The Balaban J connectivity index is 1.19. The SMILES string of the molecule is O=C(Oc1ccccc1)N1CCN(C(=O)C23CC4CC(CC(C4)C2)C3)CC1. The summed E-state index contributed by atoms with van der Waals surface area (Å²) >= 11 is 0. The summed E-state index contributed by atoms with van der Waals surface area (Å²) in [6.45, 7) is 2.38. The molecular weight excluding hydrogens is 340 g/mol. The molecule has 4 aliphatic carbocycles. The van der Waals surface area contributed by atoms with E-state index < -0.39 is 0 Å². The molecule has 0 spiro atoms. The van der Waals surface area contributed by atoms with E-state index in [0.717, 1.165) is 37.0 Å². The number of hydrogen-bond donors (Lipinski definition) is 0. The van der Waals surface area contributed by atoms with Crippen LogP contribution in [0.15, 0.2) is 30.3 Å². The molecule has 0 aromatic heterocycles. The zero-order chi connectivity index (χ0) is 18.4. The second-order valence-electron chi connectivity index (χ2n) is 9.16. The minimum Gasteiger partial charge on any atom is -0.410 e. The minimum absolute atomic E-state index is 0.0819. The van der Waals surface area contributed by atoms with Crippen molar-refractivity contribution in [1.82, 2.24) is 9.80 Å². The van der Waals surface area contributed by atoms with Gasteiger partial charge in [0.25, 0.3) is 0 Å². The molecule has 5 nitrogen and oxygen atoms in total. The normalized spacial score (nSPS) is 34.6. The number of piperazine rings is 1. The van der Waals surface area contributed by atoms with Crippen LogP contribution in [0.4, 0.5) is 4.79 Å². The van der Waals surface area contributed by atoms with Crippen LogP contribution in [0.5, 0.6) is 5.75 Å². The third-order valence-electron chi connectivity index (χ3n) is 7.27. The first-order valence-electron chi connectivity index (χ1n) is 10.4. The topological polar surface area (TPSA) is 49.9 Å². The first-order valence-corrected chi connectivity index (χ1v) is 10.4. The van der Waals surface area contributed by atoms with E-state index in [4.69, 9.17) is 4.74 Å². The van der Waals surface area contributed by atoms with E-state index in [1.165, 1.54) is 19.3 Å². The van der Waals surface area contributed by atoms with Gasteiger partial charge in [-0.25, -0.2) is 4.79 Å².